The Hall–Kier alpha value is -1.39. The molecule has 0 radical (unpaired) electrons. The SMILES string of the molecule is CNC(C)c1ccc(NC(=O)COC)cc1. The molecule has 0 aliphatic carbocycles. The normalized spacial score (nSPS) is 12.2. The first-order chi connectivity index (χ1) is 7.67. The average molecular weight is 222 g/mol. The van der Waals surface area contributed by atoms with Gasteiger partial charge in [-0.15, -0.1) is 0 Å². The minimum absolute atomic E-state index is 0.0780. The van der Waals surface area contributed by atoms with E-state index in [4.69, 9.17) is 4.74 Å². The molecule has 1 rings (SSSR count). The Bertz CT molecular complexity index is 335. The van der Waals surface area contributed by atoms with Gasteiger partial charge in [0.25, 0.3) is 0 Å². The molecular formula is C12H18N2O2. The van der Waals surface area contributed by atoms with E-state index in [0.29, 0.717) is 6.04 Å². The van der Waals surface area contributed by atoms with Crippen LogP contribution in [0.1, 0.15) is 18.5 Å². The van der Waals surface area contributed by atoms with Crippen molar-refractivity contribution in [1.82, 2.24) is 5.32 Å². The number of anilines is 1. The van der Waals surface area contributed by atoms with Crippen molar-refractivity contribution in [2.75, 3.05) is 26.1 Å². The molecule has 0 heterocycles. The highest BCUT2D eigenvalue weighted by molar-refractivity contribution is 5.91. The highest BCUT2D eigenvalue weighted by Gasteiger charge is 2.03. The van der Waals surface area contributed by atoms with E-state index in [2.05, 4.69) is 17.6 Å². The van der Waals surface area contributed by atoms with E-state index in [0.717, 1.165) is 5.69 Å². The predicted octanol–water partition coefficient (Wildman–Crippen LogP) is 1.55. The standard InChI is InChI=1S/C12H18N2O2/c1-9(13-2)10-4-6-11(7-5-10)14-12(15)8-16-3/h4-7,9,13H,8H2,1-3H3,(H,14,15). The maximum absolute atomic E-state index is 11.2. The molecule has 0 bridgehead atoms. The molecule has 0 aliphatic rings. The summed E-state index contributed by atoms with van der Waals surface area (Å²) in [4.78, 5) is 11.2. The maximum Gasteiger partial charge on any atom is 0.250 e. The summed E-state index contributed by atoms with van der Waals surface area (Å²) >= 11 is 0. The molecule has 16 heavy (non-hydrogen) atoms. The van der Waals surface area contributed by atoms with Gasteiger partial charge >= 0.3 is 0 Å². The van der Waals surface area contributed by atoms with Crippen LogP contribution in [0.2, 0.25) is 0 Å². The molecule has 0 aliphatic heterocycles. The van der Waals surface area contributed by atoms with Crippen LogP contribution in [-0.4, -0.2) is 26.7 Å². The van der Waals surface area contributed by atoms with Crippen molar-refractivity contribution in [1.29, 1.82) is 0 Å². The summed E-state index contributed by atoms with van der Waals surface area (Å²) in [7, 11) is 3.41. The Morgan fingerprint density at radius 3 is 2.50 bits per heavy atom. The second kappa shape index (κ2) is 6.25. The summed E-state index contributed by atoms with van der Waals surface area (Å²) in [6, 6.07) is 8.06. The van der Waals surface area contributed by atoms with Crippen LogP contribution < -0.4 is 10.6 Å². The van der Waals surface area contributed by atoms with Crippen LogP contribution >= 0.6 is 0 Å². The fourth-order valence-corrected chi connectivity index (χ4v) is 1.35. The maximum atomic E-state index is 11.2. The summed E-state index contributed by atoms with van der Waals surface area (Å²) in [5, 5.41) is 5.90. The molecule has 1 unspecified atom stereocenters. The average Bonchev–Trinajstić information content (AvgIpc) is 2.29. The number of hydrogen-bond acceptors (Lipinski definition) is 3. The van der Waals surface area contributed by atoms with E-state index in [1.54, 1.807) is 0 Å². The molecule has 0 saturated carbocycles. The van der Waals surface area contributed by atoms with Crippen molar-refractivity contribution in [3.05, 3.63) is 29.8 Å². The largest absolute Gasteiger partial charge is 0.375 e. The number of carbonyl (C=O) groups excluding carboxylic acids is 1. The van der Waals surface area contributed by atoms with E-state index < -0.39 is 0 Å². The monoisotopic (exact) mass is 222 g/mol. The zero-order valence-electron chi connectivity index (χ0n) is 9.91. The summed E-state index contributed by atoms with van der Waals surface area (Å²) < 4.78 is 4.73. The summed E-state index contributed by atoms with van der Waals surface area (Å²) in [5.41, 5.74) is 1.97. The topological polar surface area (TPSA) is 50.4 Å². The number of carbonyl (C=O) groups is 1. The lowest BCUT2D eigenvalue weighted by Gasteiger charge is -2.11. The fraction of sp³-hybridized carbons (Fsp3) is 0.417. The van der Waals surface area contributed by atoms with E-state index in [1.165, 1.54) is 12.7 Å². The van der Waals surface area contributed by atoms with Crippen LogP contribution in [-0.2, 0) is 9.53 Å². The Morgan fingerprint density at radius 2 is 2.00 bits per heavy atom. The van der Waals surface area contributed by atoms with Gasteiger partial charge in [0, 0.05) is 18.8 Å². The van der Waals surface area contributed by atoms with Gasteiger partial charge in [0.15, 0.2) is 0 Å². The van der Waals surface area contributed by atoms with Gasteiger partial charge in [-0.3, -0.25) is 4.79 Å². The Kier molecular flexibility index (Phi) is 4.95. The van der Waals surface area contributed by atoms with Crippen LogP contribution in [0.5, 0.6) is 0 Å². The van der Waals surface area contributed by atoms with E-state index in [-0.39, 0.29) is 12.5 Å². The van der Waals surface area contributed by atoms with Crippen molar-refractivity contribution in [2.24, 2.45) is 0 Å². The number of hydrogen-bond donors (Lipinski definition) is 2. The third-order valence-corrected chi connectivity index (χ3v) is 2.40. The lowest BCUT2D eigenvalue weighted by atomic mass is 10.1. The number of benzene rings is 1. The zero-order valence-corrected chi connectivity index (χ0v) is 9.91. The Morgan fingerprint density at radius 1 is 1.38 bits per heavy atom. The molecule has 88 valence electrons. The highest BCUT2D eigenvalue weighted by Crippen LogP contribution is 2.15. The van der Waals surface area contributed by atoms with E-state index in [9.17, 15) is 4.79 Å². The van der Waals surface area contributed by atoms with Crippen molar-refractivity contribution >= 4 is 11.6 Å². The zero-order chi connectivity index (χ0) is 12.0. The molecule has 1 atom stereocenters. The van der Waals surface area contributed by atoms with Crippen LogP contribution in [0.25, 0.3) is 0 Å². The first-order valence-electron chi connectivity index (χ1n) is 5.23. The first-order valence-corrected chi connectivity index (χ1v) is 5.23. The van der Waals surface area contributed by atoms with Gasteiger partial charge in [0.05, 0.1) is 0 Å². The van der Waals surface area contributed by atoms with Gasteiger partial charge in [-0.25, -0.2) is 0 Å². The molecule has 0 spiro atoms. The number of ether oxygens (including phenoxy) is 1. The van der Waals surface area contributed by atoms with Crippen molar-refractivity contribution in [3.63, 3.8) is 0 Å². The van der Waals surface area contributed by atoms with Gasteiger partial charge < -0.3 is 15.4 Å². The number of amides is 1. The molecule has 4 heteroatoms. The highest BCUT2D eigenvalue weighted by atomic mass is 16.5. The molecule has 1 aromatic carbocycles. The summed E-state index contributed by atoms with van der Waals surface area (Å²) in [6.45, 7) is 2.16. The number of nitrogens with one attached hydrogen (secondary N) is 2. The van der Waals surface area contributed by atoms with Gasteiger partial charge in [0.2, 0.25) is 5.91 Å². The first kappa shape index (κ1) is 12.7. The predicted molar refractivity (Wildman–Crippen MR) is 64.4 cm³/mol. The molecule has 2 N–H and O–H groups in total. The van der Waals surface area contributed by atoms with Gasteiger partial charge in [0.1, 0.15) is 6.61 Å². The molecule has 0 fully saturated rings. The third-order valence-electron chi connectivity index (χ3n) is 2.40. The van der Waals surface area contributed by atoms with Crippen molar-refractivity contribution < 1.29 is 9.53 Å². The molecular weight excluding hydrogens is 204 g/mol. The summed E-state index contributed by atoms with van der Waals surface area (Å²) in [6.07, 6.45) is 0. The minimum atomic E-state index is -0.142. The molecule has 0 aromatic heterocycles. The van der Waals surface area contributed by atoms with Crippen LogP contribution in [0, 0.1) is 0 Å². The van der Waals surface area contributed by atoms with E-state index >= 15 is 0 Å². The van der Waals surface area contributed by atoms with Gasteiger partial charge in [-0.1, -0.05) is 12.1 Å². The van der Waals surface area contributed by atoms with Gasteiger partial charge in [-0.05, 0) is 31.7 Å². The number of methoxy groups -OCH3 is 1. The van der Waals surface area contributed by atoms with Crippen molar-refractivity contribution in [3.8, 4) is 0 Å². The third kappa shape index (κ3) is 3.64. The number of rotatable bonds is 5. The second-order valence-corrected chi connectivity index (χ2v) is 3.61. The smallest absolute Gasteiger partial charge is 0.250 e. The van der Waals surface area contributed by atoms with Crippen molar-refractivity contribution in [2.45, 2.75) is 13.0 Å². The molecule has 1 amide bonds. The van der Waals surface area contributed by atoms with Crippen LogP contribution in [0.4, 0.5) is 5.69 Å². The minimum Gasteiger partial charge on any atom is -0.375 e. The van der Waals surface area contributed by atoms with Crippen LogP contribution in [0.15, 0.2) is 24.3 Å². The summed E-state index contributed by atoms with van der Waals surface area (Å²) in [5.74, 6) is -0.142. The van der Waals surface area contributed by atoms with E-state index in [1.807, 2.05) is 31.3 Å². The quantitative estimate of drug-likeness (QED) is 0.794. The molecule has 0 saturated heterocycles. The fourth-order valence-electron chi connectivity index (χ4n) is 1.35. The lowest BCUT2D eigenvalue weighted by Crippen LogP contribution is -2.17. The Labute approximate surface area is 96.0 Å². The Balaban J connectivity index is 2.61. The molecule has 1 aromatic rings. The second-order valence-electron chi connectivity index (χ2n) is 3.61. The molecule has 4 nitrogen and oxygen atoms in total. The lowest BCUT2D eigenvalue weighted by molar-refractivity contribution is -0.119. The van der Waals surface area contributed by atoms with Gasteiger partial charge in [-0.2, -0.15) is 0 Å². The van der Waals surface area contributed by atoms with Crippen LogP contribution in [0.3, 0.4) is 0 Å².